The molecule has 0 N–H and O–H groups in total. The van der Waals surface area contributed by atoms with Gasteiger partial charge in [-0.05, 0) is 227 Å². The molecule has 0 aliphatic heterocycles. The fourth-order valence-corrected chi connectivity index (χ4v) is 20.6. The van der Waals surface area contributed by atoms with Crippen LogP contribution in [0.15, 0.2) is 503 Å². The highest BCUT2D eigenvalue weighted by atomic mass is 16.3. The van der Waals surface area contributed by atoms with E-state index in [1.54, 1.807) is 0 Å². The molecule has 0 saturated heterocycles. The maximum absolute atomic E-state index is 6.72. The van der Waals surface area contributed by atoms with E-state index in [1.807, 2.05) is 12.1 Å². The van der Waals surface area contributed by atoms with Crippen molar-refractivity contribution in [3.63, 3.8) is 0 Å². The molecule has 0 saturated carbocycles. The second-order valence-corrected chi connectivity index (χ2v) is 39.2. The summed E-state index contributed by atoms with van der Waals surface area (Å²) in [7, 11) is 0. The lowest BCUT2D eigenvalue weighted by molar-refractivity contribution is 0.668. The Morgan fingerprint density at radius 2 is 0.354 bits per heavy atom. The van der Waals surface area contributed by atoms with Gasteiger partial charge < -0.3 is 17.7 Å². The van der Waals surface area contributed by atoms with E-state index >= 15 is 0 Å². The van der Waals surface area contributed by atoms with E-state index in [4.69, 9.17) is 17.7 Å². The number of furan rings is 4. The molecule has 692 valence electrons. The van der Waals surface area contributed by atoms with Gasteiger partial charge in [0, 0.05) is 65.3 Å². The molecule has 26 rings (SSSR count). The number of hydrogen-bond acceptors (Lipinski definition) is 4. The molecule has 4 heteroatoms. The number of rotatable bonds is 16. The van der Waals surface area contributed by atoms with Crippen LogP contribution in [-0.4, -0.2) is 0 Å². The molecule has 0 bridgehead atoms. The van der Waals surface area contributed by atoms with E-state index in [2.05, 4.69) is 529 Å². The first-order valence-corrected chi connectivity index (χ1v) is 50.4. The molecule has 0 aliphatic rings. The molecule has 0 fully saturated rings. The van der Waals surface area contributed by atoms with Crippen molar-refractivity contribution in [2.75, 3.05) is 0 Å². The van der Waals surface area contributed by atoms with E-state index in [0.717, 1.165) is 127 Å². The van der Waals surface area contributed by atoms with E-state index in [9.17, 15) is 0 Å². The third-order valence-electron chi connectivity index (χ3n) is 28.8. The predicted molar refractivity (Wildman–Crippen MR) is 611 cm³/mol. The molecule has 144 heavy (non-hydrogen) atoms. The Balaban J connectivity index is 0.000000106. The lowest BCUT2D eigenvalue weighted by atomic mass is 9.96. The first-order valence-electron chi connectivity index (χ1n) is 50.4. The molecular formula is C140H108O4. The fraction of sp³-hybridized carbons (Fsp3) is 0.0857. The van der Waals surface area contributed by atoms with Gasteiger partial charge in [0.25, 0.3) is 0 Å². The van der Waals surface area contributed by atoms with Crippen LogP contribution in [0.5, 0.6) is 0 Å². The molecule has 0 spiro atoms. The van der Waals surface area contributed by atoms with Gasteiger partial charge in [-0.15, -0.1) is 0 Å². The first-order chi connectivity index (χ1) is 70.6. The third kappa shape index (κ3) is 18.1. The van der Waals surface area contributed by atoms with Gasteiger partial charge in [0.1, 0.15) is 44.7 Å². The van der Waals surface area contributed by atoms with Crippen molar-refractivity contribution in [2.45, 2.75) is 79.1 Å². The topological polar surface area (TPSA) is 52.6 Å². The summed E-state index contributed by atoms with van der Waals surface area (Å²) in [5.41, 5.74) is 41.5. The van der Waals surface area contributed by atoms with Crippen molar-refractivity contribution in [3.8, 4) is 134 Å². The van der Waals surface area contributed by atoms with Gasteiger partial charge in [-0.3, -0.25) is 0 Å². The minimum Gasteiger partial charge on any atom is -0.456 e. The monoisotopic (exact) mass is 1850 g/mol. The molecule has 0 aliphatic carbocycles. The van der Waals surface area contributed by atoms with Crippen LogP contribution in [0.25, 0.3) is 243 Å². The highest BCUT2D eigenvalue weighted by molar-refractivity contribution is 6.17. The van der Waals surface area contributed by atoms with Crippen LogP contribution in [0.4, 0.5) is 0 Å². The molecule has 4 aromatic heterocycles. The second-order valence-electron chi connectivity index (χ2n) is 39.2. The summed E-state index contributed by atoms with van der Waals surface area (Å²) < 4.78 is 25.8. The van der Waals surface area contributed by atoms with Gasteiger partial charge >= 0.3 is 0 Å². The van der Waals surface area contributed by atoms with E-state index in [-0.39, 0.29) is 0 Å². The van der Waals surface area contributed by atoms with E-state index in [1.165, 1.54) is 138 Å². The maximum Gasteiger partial charge on any atom is 0.143 e. The summed E-state index contributed by atoms with van der Waals surface area (Å²) in [6.45, 7) is 17.8. The Kier molecular flexibility index (Phi) is 24.7. The second kappa shape index (κ2) is 39.3. The Bertz CT molecular complexity index is 9140. The fourth-order valence-electron chi connectivity index (χ4n) is 20.6. The van der Waals surface area contributed by atoms with Crippen LogP contribution in [0.3, 0.4) is 0 Å². The molecule has 26 aromatic rings. The quantitative estimate of drug-likeness (QED) is 0.0967. The minimum absolute atomic E-state index is 0.539. The Morgan fingerprint density at radius 3 is 0.729 bits per heavy atom. The zero-order valence-corrected chi connectivity index (χ0v) is 82.1. The van der Waals surface area contributed by atoms with Gasteiger partial charge in [0.2, 0.25) is 0 Å². The summed E-state index contributed by atoms with van der Waals surface area (Å²) in [5.74, 6) is 2.18. The normalized spacial score (nSPS) is 11.6. The molecule has 4 heterocycles. The van der Waals surface area contributed by atoms with E-state index in [0.29, 0.717) is 23.7 Å². The molecule has 0 radical (unpaired) electrons. The van der Waals surface area contributed by atoms with Gasteiger partial charge in [-0.2, -0.15) is 0 Å². The zero-order chi connectivity index (χ0) is 97.4. The number of hydrogen-bond donors (Lipinski definition) is 0. The molecule has 4 nitrogen and oxygen atoms in total. The van der Waals surface area contributed by atoms with Crippen LogP contribution in [0, 0.1) is 0 Å². The van der Waals surface area contributed by atoms with Gasteiger partial charge in [-0.1, -0.05) is 492 Å². The molecule has 0 unspecified atom stereocenters. The summed E-state index contributed by atoms with van der Waals surface area (Å²) in [5, 5.41) is 14.2. The smallest absolute Gasteiger partial charge is 0.143 e. The Morgan fingerprint density at radius 1 is 0.125 bits per heavy atom. The highest BCUT2D eigenvalue weighted by Crippen LogP contribution is 2.47. The van der Waals surface area contributed by atoms with Gasteiger partial charge in [0.05, 0.1) is 0 Å². The summed E-state index contributed by atoms with van der Waals surface area (Å²) in [4.78, 5) is 0. The molecular weight excluding hydrogens is 1750 g/mol. The Hall–Kier alpha value is -17.4. The molecule has 22 aromatic carbocycles. The zero-order valence-electron chi connectivity index (χ0n) is 82.1. The van der Waals surface area contributed by atoms with Crippen LogP contribution in [-0.2, 0) is 0 Å². The maximum atomic E-state index is 6.72. The van der Waals surface area contributed by atoms with Gasteiger partial charge in [-0.25, -0.2) is 0 Å². The van der Waals surface area contributed by atoms with Crippen LogP contribution in [0.1, 0.15) is 101 Å². The largest absolute Gasteiger partial charge is 0.456 e. The SMILES string of the molecule is CC(C)c1ccc(-c2ccc(-c3ccc4c(c3)oc3cc(-c5ccccc5)ccc34)cc2)cc1.CC(C)c1ccc(-c2ccc(-c3ccc4oc5ccc(-c6cccc7ccccc67)cc5c4c3)cc2)cc1.CC(C)c1ccc(-c2ccc(-c3cccc4c3oc3c(-c5cccc6ccccc56)cccc34)cc2)cc1.CC(C)c1ccc(-c2ccc(-c3cccc4c3oc3c(-c5ccccc5)cccc34)cc2)cc1. The lowest BCUT2D eigenvalue weighted by Crippen LogP contribution is -1.87. The summed E-state index contributed by atoms with van der Waals surface area (Å²) >= 11 is 0. The summed E-state index contributed by atoms with van der Waals surface area (Å²) in [6.07, 6.45) is 0. The van der Waals surface area contributed by atoms with Crippen molar-refractivity contribution in [3.05, 3.63) is 508 Å². The van der Waals surface area contributed by atoms with Crippen molar-refractivity contribution in [1.82, 2.24) is 0 Å². The van der Waals surface area contributed by atoms with Crippen molar-refractivity contribution < 1.29 is 17.7 Å². The standard InChI is InChI=1S/2C37H28O.2C33H26O/c1-24(2)25-16-18-26(19-17-25)27-20-22-29(23-21-27)31-11-6-14-34-35-15-7-13-33(37(35)38-36(31)34)32-12-5-9-28-8-3-4-10-30(28)32;1-24(2)25-10-12-26(13-11-25)27-14-16-28(17-15-27)30-18-20-36-34(22-30)35-23-31(19-21-37(35)38-36)33-9-5-7-29-6-3-4-8-32(29)33;1-22(2)23-14-16-24(17-15-23)25-18-20-27(21-19-25)29-11-7-13-31-30-12-6-10-28(32(30)34-33(29)31)26-8-4-3-5-9-26;1-22(2)23-8-10-25(11-9-23)26-12-14-27(15-13-26)29-17-19-31-30-18-16-28(24-6-4-3-5-7-24)20-32(30)34-33(31)21-29/h2*3-24H,1-2H3;2*3-22H,1-2H3. The van der Waals surface area contributed by atoms with Crippen LogP contribution < -0.4 is 0 Å². The minimum atomic E-state index is 0.539. The van der Waals surface area contributed by atoms with Crippen LogP contribution >= 0.6 is 0 Å². The van der Waals surface area contributed by atoms with Gasteiger partial charge in [0.15, 0.2) is 0 Å². The third-order valence-corrected chi connectivity index (χ3v) is 28.8. The van der Waals surface area contributed by atoms with Crippen LogP contribution in [0.2, 0.25) is 0 Å². The average molecular weight is 1850 g/mol. The predicted octanol–water partition coefficient (Wildman–Crippen LogP) is 41.1. The molecule has 0 atom stereocenters. The average Bonchev–Trinajstić information content (AvgIpc) is 1.59. The first kappa shape index (κ1) is 90.4. The lowest BCUT2D eigenvalue weighted by Gasteiger charge is -2.08. The Labute approximate surface area is 841 Å². The van der Waals surface area contributed by atoms with Crippen molar-refractivity contribution in [2.24, 2.45) is 0 Å². The van der Waals surface area contributed by atoms with Crippen molar-refractivity contribution in [1.29, 1.82) is 0 Å². The highest BCUT2D eigenvalue weighted by Gasteiger charge is 2.22. The summed E-state index contributed by atoms with van der Waals surface area (Å²) in [6, 6.07) is 174. The number of para-hydroxylation sites is 4. The molecule has 0 amide bonds. The number of fused-ring (bicyclic) bond motifs is 14. The number of benzene rings is 22. The van der Waals surface area contributed by atoms with Crippen molar-refractivity contribution >= 4 is 109 Å². The van der Waals surface area contributed by atoms with E-state index < -0.39 is 0 Å².